The number of fused-ring (bicyclic) bond motifs is 1. The Hall–Kier alpha value is -2.12. The number of hydrogen-bond acceptors (Lipinski definition) is 6. The second-order valence-electron chi connectivity index (χ2n) is 7.26. The van der Waals surface area contributed by atoms with Gasteiger partial charge in [0.15, 0.2) is 5.82 Å². The van der Waals surface area contributed by atoms with Crippen molar-refractivity contribution in [1.82, 2.24) is 19.5 Å². The fourth-order valence-corrected chi connectivity index (χ4v) is 4.88. The van der Waals surface area contributed by atoms with Gasteiger partial charge < -0.3 is 9.84 Å². The van der Waals surface area contributed by atoms with Crippen LogP contribution in [0, 0.1) is 5.92 Å². The van der Waals surface area contributed by atoms with Crippen molar-refractivity contribution >= 4 is 16.3 Å². The summed E-state index contributed by atoms with van der Waals surface area (Å²) in [6, 6.07) is 8.12. The molecule has 4 rings (SSSR count). The van der Waals surface area contributed by atoms with Gasteiger partial charge in [-0.3, -0.25) is 4.90 Å². The van der Waals surface area contributed by atoms with Gasteiger partial charge in [0, 0.05) is 6.42 Å². The molecule has 0 radical (unpaired) electrons. The van der Waals surface area contributed by atoms with Crippen molar-refractivity contribution in [3.8, 4) is 11.6 Å². The van der Waals surface area contributed by atoms with E-state index < -0.39 is 0 Å². The predicted molar refractivity (Wildman–Crippen MR) is 107 cm³/mol. The molecule has 3 heterocycles. The number of nitrogens with zero attached hydrogens (tertiary/aromatic N) is 4. The molecule has 1 saturated heterocycles. The third kappa shape index (κ3) is 3.41. The van der Waals surface area contributed by atoms with Crippen molar-refractivity contribution < 1.29 is 9.84 Å². The summed E-state index contributed by atoms with van der Waals surface area (Å²) in [6.45, 7) is 6.35. The standard InChI is InChI=1S/C20H26N4O2S/c1-4-16-21-20-24(22-16)19(25)18(27-20)17(23-10-8-13(2)9-11-23)14-6-5-7-15(12-14)26-3/h5-7,12-13,17,25H,4,8-11H2,1-3H3/t17-/m1/s1. The highest BCUT2D eigenvalue weighted by Gasteiger charge is 2.31. The van der Waals surface area contributed by atoms with E-state index in [1.54, 1.807) is 11.6 Å². The molecule has 0 aliphatic carbocycles. The summed E-state index contributed by atoms with van der Waals surface area (Å²) in [5, 5.41) is 15.4. The minimum atomic E-state index is -0.0221. The van der Waals surface area contributed by atoms with Crippen LogP contribution in [-0.2, 0) is 6.42 Å². The van der Waals surface area contributed by atoms with E-state index in [0.29, 0.717) is 0 Å². The number of rotatable bonds is 5. The number of thiazole rings is 1. The van der Waals surface area contributed by atoms with E-state index >= 15 is 0 Å². The van der Waals surface area contributed by atoms with Gasteiger partial charge >= 0.3 is 0 Å². The van der Waals surface area contributed by atoms with Crippen molar-refractivity contribution in [3.63, 3.8) is 0 Å². The highest BCUT2D eigenvalue weighted by Crippen LogP contribution is 2.41. The number of piperidine rings is 1. The van der Waals surface area contributed by atoms with E-state index in [2.05, 4.69) is 34.0 Å². The van der Waals surface area contributed by atoms with Gasteiger partial charge in [0.2, 0.25) is 10.8 Å². The molecule has 1 atom stereocenters. The van der Waals surface area contributed by atoms with Crippen molar-refractivity contribution in [1.29, 1.82) is 0 Å². The molecule has 1 aliphatic heterocycles. The van der Waals surface area contributed by atoms with E-state index in [1.165, 1.54) is 24.2 Å². The van der Waals surface area contributed by atoms with E-state index in [-0.39, 0.29) is 11.9 Å². The molecule has 27 heavy (non-hydrogen) atoms. The maximum Gasteiger partial charge on any atom is 0.230 e. The minimum absolute atomic E-state index is 0.0221. The summed E-state index contributed by atoms with van der Waals surface area (Å²) in [7, 11) is 1.68. The fraction of sp³-hybridized carbons (Fsp3) is 0.500. The number of aryl methyl sites for hydroxylation is 1. The highest BCUT2D eigenvalue weighted by molar-refractivity contribution is 7.17. The van der Waals surface area contributed by atoms with Gasteiger partial charge in [-0.05, 0) is 49.5 Å². The first-order valence-electron chi connectivity index (χ1n) is 9.56. The molecule has 6 nitrogen and oxygen atoms in total. The molecule has 1 aromatic carbocycles. The molecule has 144 valence electrons. The first-order valence-corrected chi connectivity index (χ1v) is 10.4. The van der Waals surface area contributed by atoms with Crippen LogP contribution in [0.25, 0.3) is 4.96 Å². The fourth-order valence-electron chi connectivity index (χ4n) is 3.74. The lowest BCUT2D eigenvalue weighted by atomic mass is 9.95. The Kier molecular flexibility index (Phi) is 5.06. The number of likely N-dealkylation sites (tertiary alicyclic amines) is 1. The zero-order chi connectivity index (χ0) is 19.0. The van der Waals surface area contributed by atoms with E-state index in [4.69, 9.17) is 4.74 Å². The van der Waals surface area contributed by atoms with Crippen molar-refractivity contribution in [2.45, 2.75) is 39.2 Å². The lowest BCUT2D eigenvalue weighted by Gasteiger charge is -2.36. The van der Waals surface area contributed by atoms with Crippen LogP contribution in [0.4, 0.5) is 0 Å². The van der Waals surface area contributed by atoms with Gasteiger partial charge in [0.05, 0.1) is 18.0 Å². The average Bonchev–Trinajstić information content (AvgIpc) is 3.23. The zero-order valence-electron chi connectivity index (χ0n) is 16.1. The van der Waals surface area contributed by atoms with Crippen LogP contribution in [0.5, 0.6) is 11.6 Å². The number of hydrogen-bond donors (Lipinski definition) is 1. The monoisotopic (exact) mass is 386 g/mol. The third-order valence-electron chi connectivity index (χ3n) is 5.40. The van der Waals surface area contributed by atoms with Crippen LogP contribution in [0.3, 0.4) is 0 Å². The third-order valence-corrected chi connectivity index (χ3v) is 6.47. The molecule has 1 aliphatic rings. The molecule has 1 N–H and O–H groups in total. The van der Waals surface area contributed by atoms with Gasteiger partial charge in [-0.25, -0.2) is 4.98 Å². The second kappa shape index (κ2) is 7.48. The SMILES string of the molecule is CCc1nc2sc([C@@H](c3cccc(OC)c3)N3CCC(C)CC3)c(O)n2n1. The number of methoxy groups -OCH3 is 1. The lowest BCUT2D eigenvalue weighted by Crippen LogP contribution is -2.36. The molecular weight excluding hydrogens is 360 g/mol. The first kappa shape index (κ1) is 18.3. The smallest absolute Gasteiger partial charge is 0.230 e. The molecule has 0 saturated carbocycles. The molecule has 0 bridgehead atoms. The van der Waals surface area contributed by atoms with E-state index in [1.807, 2.05) is 19.1 Å². The molecule has 0 unspecified atom stereocenters. The molecule has 3 aromatic rings. The van der Waals surface area contributed by atoms with Gasteiger partial charge in [0.25, 0.3) is 0 Å². The Labute approximate surface area is 163 Å². The van der Waals surface area contributed by atoms with Gasteiger partial charge in [-0.2, -0.15) is 4.52 Å². The normalized spacial score (nSPS) is 17.4. The lowest BCUT2D eigenvalue weighted by molar-refractivity contribution is 0.157. The molecule has 0 spiro atoms. The van der Waals surface area contributed by atoms with Gasteiger partial charge in [0.1, 0.15) is 5.75 Å². The van der Waals surface area contributed by atoms with Crippen LogP contribution < -0.4 is 4.74 Å². The van der Waals surface area contributed by atoms with E-state index in [9.17, 15) is 5.11 Å². The van der Waals surface area contributed by atoms with Crippen molar-refractivity contribution in [2.24, 2.45) is 5.92 Å². The Morgan fingerprint density at radius 2 is 2.11 bits per heavy atom. The number of benzene rings is 1. The maximum atomic E-state index is 11.0. The van der Waals surface area contributed by atoms with E-state index in [0.717, 1.165) is 52.4 Å². The molecular formula is C20H26N4O2S. The van der Waals surface area contributed by atoms with Crippen molar-refractivity contribution in [2.75, 3.05) is 20.2 Å². The summed E-state index contributed by atoms with van der Waals surface area (Å²) < 4.78 is 7.02. The van der Waals surface area contributed by atoms with Crippen LogP contribution in [0.1, 0.15) is 49.0 Å². The Morgan fingerprint density at radius 3 is 2.78 bits per heavy atom. The average molecular weight is 387 g/mol. The number of ether oxygens (including phenoxy) is 1. The quantitative estimate of drug-likeness (QED) is 0.721. The zero-order valence-corrected chi connectivity index (χ0v) is 16.9. The molecule has 1 fully saturated rings. The summed E-state index contributed by atoms with van der Waals surface area (Å²) in [4.78, 5) is 8.65. The molecule has 7 heteroatoms. The maximum absolute atomic E-state index is 11.0. The second-order valence-corrected chi connectivity index (χ2v) is 8.27. The molecule has 2 aromatic heterocycles. The first-order chi connectivity index (χ1) is 13.1. The number of aromatic hydroxyl groups is 1. The number of aromatic nitrogens is 3. The topological polar surface area (TPSA) is 62.9 Å². The van der Waals surface area contributed by atoms with Crippen LogP contribution in [0.2, 0.25) is 0 Å². The predicted octanol–water partition coefficient (Wildman–Crippen LogP) is 3.89. The molecule has 0 amide bonds. The minimum Gasteiger partial charge on any atom is -0.497 e. The Balaban J connectivity index is 1.79. The summed E-state index contributed by atoms with van der Waals surface area (Å²) in [6.07, 6.45) is 3.09. The summed E-state index contributed by atoms with van der Waals surface area (Å²) in [5.41, 5.74) is 1.12. The van der Waals surface area contributed by atoms with Crippen LogP contribution >= 0.6 is 11.3 Å². The summed E-state index contributed by atoms with van der Waals surface area (Å²) >= 11 is 1.53. The Morgan fingerprint density at radius 1 is 1.33 bits per heavy atom. The van der Waals surface area contributed by atoms with Crippen LogP contribution in [0.15, 0.2) is 24.3 Å². The van der Waals surface area contributed by atoms with Gasteiger partial charge in [-0.15, -0.1) is 5.10 Å². The summed E-state index contributed by atoms with van der Waals surface area (Å²) in [5.74, 6) is 2.53. The van der Waals surface area contributed by atoms with Crippen LogP contribution in [-0.4, -0.2) is 44.8 Å². The van der Waals surface area contributed by atoms with Crippen molar-refractivity contribution in [3.05, 3.63) is 40.5 Å². The largest absolute Gasteiger partial charge is 0.497 e. The van der Waals surface area contributed by atoms with Gasteiger partial charge in [-0.1, -0.05) is 37.3 Å². The highest BCUT2D eigenvalue weighted by atomic mass is 32.1. The Bertz CT molecular complexity index is 927.